The molecule has 1 aromatic heterocycles. The number of thiazole rings is 1. The molecule has 114 valence electrons. The van der Waals surface area contributed by atoms with Crippen molar-refractivity contribution < 1.29 is 13.2 Å². The minimum atomic E-state index is -3.31. The van der Waals surface area contributed by atoms with Gasteiger partial charge < -0.3 is 4.74 Å². The number of nitrogens with one attached hydrogen (secondary N) is 1. The van der Waals surface area contributed by atoms with Crippen molar-refractivity contribution in [2.75, 3.05) is 18.1 Å². The van der Waals surface area contributed by atoms with Crippen LogP contribution in [-0.2, 0) is 10.0 Å². The van der Waals surface area contributed by atoms with E-state index in [0.717, 1.165) is 33.3 Å². The smallest absolute Gasteiger partial charge is 0.231 e. The Balaban J connectivity index is 1.98. The minimum Gasteiger partial charge on any atom is -0.497 e. The number of hydrogen-bond donors (Lipinski definition) is 1. The number of aromatic nitrogens is 1. The fourth-order valence-corrected chi connectivity index (χ4v) is 3.83. The average molecular weight is 334 g/mol. The molecule has 0 fully saturated rings. The van der Waals surface area contributed by atoms with Crippen LogP contribution in [0.1, 0.15) is 0 Å². The van der Waals surface area contributed by atoms with Crippen LogP contribution in [0.25, 0.3) is 21.3 Å². The fraction of sp³-hybridized carbons (Fsp3) is 0.133. The summed E-state index contributed by atoms with van der Waals surface area (Å²) < 4.78 is 31.0. The van der Waals surface area contributed by atoms with Crippen molar-refractivity contribution >= 4 is 36.7 Å². The van der Waals surface area contributed by atoms with Gasteiger partial charge >= 0.3 is 0 Å². The summed E-state index contributed by atoms with van der Waals surface area (Å²) in [6, 6.07) is 13.6. The molecule has 1 N–H and O–H groups in total. The number of anilines is 1. The number of ether oxygens (including phenoxy) is 1. The predicted octanol–water partition coefficient (Wildman–Crippen LogP) is 3.34. The second-order valence-corrected chi connectivity index (χ2v) is 7.58. The van der Waals surface area contributed by atoms with Crippen LogP contribution in [0.15, 0.2) is 42.5 Å². The number of benzene rings is 2. The summed E-state index contributed by atoms with van der Waals surface area (Å²) in [6.45, 7) is 0. The minimum absolute atomic E-state index is 0.379. The first kappa shape index (κ1) is 14.8. The van der Waals surface area contributed by atoms with Gasteiger partial charge in [0.05, 0.1) is 23.6 Å². The van der Waals surface area contributed by atoms with E-state index in [9.17, 15) is 8.42 Å². The van der Waals surface area contributed by atoms with Crippen LogP contribution < -0.4 is 9.46 Å². The largest absolute Gasteiger partial charge is 0.497 e. The summed E-state index contributed by atoms with van der Waals surface area (Å²) in [7, 11) is -1.68. The Morgan fingerprint density at radius 3 is 2.41 bits per heavy atom. The molecular weight excluding hydrogens is 320 g/mol. The summed E-state index contributed by atoms with van der Waals surface area (Å²) in [4.78, 5) is 4.27. The lowest BCUT2D eigenvalue weighted by Gasteiger charge is -2.03. The van der Waals surface area contributed by atoms with E-state index in [1.165, 1.54) is 11.3 Å². The standard InChI is InChI=1S/C15H14N2O3S2/c1-20-12-6-3-10(4-7-12)11-5-8-13-14(9-11)21-15(16-13)17-22(2,18)19/h3-9H,1-2H3,(H,16,17). The van der Waals surface area contributed by atoms with Crippen LogP contribution in [0.3, 0.4) is 0 Å². The van der Waals surface area contributed by atoms with Crippen LogP contribution in [0, 0.1) is 0 Å². The molecule has 5 nitrogen and oxygen atoms in total. The molecule has 3 aromatic rings. The molecule has 0 saturated carbocycles. The lowest BCUT2D eigenvalue weighted by Crippen LogP contribution is -2.08. The van der Waals surface area contributed by atoms with Crippen LogP contribution in [0.4, 0.5) is 5.13 Å². The summed E-state index contributed by atoms with van der Waals surface area (Å²) in [5, 5.41) is 0.379. The summed E-state index contributed by atoms with van der Waals surface area (Å²) >= 11 is 1.31. The van der Waals surface area contributed by atoms with Crippen molar-refractivity contribution in [3.8, 4) is 16.9 Å². The van der Waals surface area contributed by atoms with E-state index in [-0.39, 0.29) is 0 Å². The van der Waals surface area contributed by atoms with Gasteiger partial charge in [-0.3, -0.25) is 4.72 Å². The molecular formula is C15H14N2O3S2. The number of rotatable bonds is 4. The van der Waals surface area contributed by atoms with Crippen molar-refractivity contribution in [3.63, 3.8) is 0 Å². The van der Waals surface area contributed by atoms with Gasteiger partial charge in [-0.1, -0.05) is 29.5 Å². The zero-order valence-electron chi connectivity index (χ0n) is 12.0. The summed E-state index contributed by atoms with van der Waals surface area (Å²) in [5.41, 5.74) is 2.88. The Hall–Kier alpha value is -2.12. The monoisotopic (exact) mass is 334 g/mol. The van der Waals surface area contributed by atoms with Crippen molar-refractivity contribution in [1.82, 2.24) is 4.98 Å². The Kier molecular flexibility index (Phi) is 3.76. The van der Waals surface area contributed by atoms with Gasteiger partial charge in [-0.15, -0.1) is 0 Å². The molecule has 2 aromatic carbocycles. The molecule has 0 aliphatic carbocycles. The third-order valence-corrected chi connectivity index (χ3v) is 4.71. The van der Waals surface area contributed by atoms with Gasteiger partial charge in [0.2, 0.25) is 10.0 Å². The summed E-state index contributed by atoms with van der Waals surface area (Å²) in [5.74, 6) is 0.808. The normalized spacial score (nSPS) is 11.5. The lowest BCUT2D eigenvalue weighted by molar-refractivity contribution is 0.415. The Morgan fingerprint density at radius 2 is 1.77 bits per heavy atom. The van der Waals surface area contributed by atoms with Gasteiger partial charge in [0, 0.05) is 0 Å². The second-order valence-electron chi connectivity index (χ2n) is 4.80. The lowest BCUT2D eigenvalue weighted by atomic mass is 10.1. The third-order valence-electron chi connectivity index (χ3n) is 3.08. The van der Waals surface area contributed by atoms with E-state index >= 15 is 0 Å². The highest BCUT2D eigenvalue weighted by atomic mass is 32.2. The number of hydrogen-bond acceptors (Lipinski definition) is 5. The van der Waals surface area contributed by atoms with Crippen LogP contribution >= 0.6 is 11.3 Å². The molecule has 0 atom stereocenters. The number of fused-ring (bicyclic) bond motifs is 1. The van der Waals surface area contributed by atoms with E-state index in [1.54, 1.807) is 7.11 Å². The van der Waals surface area contributed by atoms with E-state index < -0.39 is 10.0 Å². The molecule has 22 heavy (non-hydrogen) atoms. The second kappa shape index (κ2) is 5.58. The van der Waals surface area contributed by atoms with Gasteiger partial charge in [-0.2, -0.15) is 0 Å². The predicted molar refractivity (Wildman–Crippen MR) is 90.1 cm³/mol. The first-order chi connectivity index (χ1) is 10.4. The molecule has 0 bridgehead atoms. The maximum atomic E-state index is 11.3. The van der Waals surface area contributed by atoms with Gasteiger partial charge in [0.25, 0.3) is 0 Å². The Bertz CT molecular complexity index is 916. The summed E-state index contributed by atoms with van der Waals surface area (Å²) in [6.07, 6.45) is 1.11. The highest BCUT2D eigenvalue weighted by molar-refractivity contribution is 7.92. The maximum Gasteiger partial charge on any atom is 0.231 e. The molecule has 1 heterocycles. The Labute approximate surface area is 132 Å². The number of methoxy groups -OCH3 is 1. The first-order valence-corrected chi connectivity index (χ1v) is 9.18. The van der Waals surface area contributed by atoms with Gasteiger partial charge in [0.1, 0.15) is 5.75 Å². The van der Waals surface area contributed by atoms with E-state index in [1.807, 2.05) is 42.5 Å². The molecule has 0 amide bonds. The van der Waals surface area contributed by atoms with Crippen LogP contribution in [0.2, 0.25) is 0 Å². The molecule has 0 radical (unpaired) electrons. The number of nitrogens with zero attached hydrogens (tertiary/aromatic N) is 1. The molecule has 0 unspecified atom stereocenters. The SMILES string of the molecule is COc1ccc(-c2ccc3nc(NS(C)(=O)=O)sc3c2)cc1. The fourth-order valence-electron chi connectivity index (χ4n) is 2.09. The zero-order chi connectivity index (χ0) is 15.7. The van der Waals surface area contributed by atoms with Crippen molar-refractivity contribution in [1.29, 1.82) is 0 Å². The van der Waals surface area contributed by atoms with Crippen molar-refractivity contribution in [2.24, 2.45) is 0 Å². The van der Waals surface area contributed by atoms with Crippen molar-refractivity contribution in [3.05, 3.63) is 42.5 Å². The molecule has 0 spiro atoms. The van der Waals surface area contributed by atoms with Crippen molar-refractivity contribution in [2.45, 2.75) is 0 Å². The van der Waals surface area contributed by atoms with Gasteiger partial charge in [-0.05, 0) is 35.4 Å². The van der Waals surface area contributed by atoms with Crippen LogP contribution in [0.5, 0.6) is 5.75 Å². The van der Waals surface area contributed by atoms with Crippen LogP contribution in [-0.4, -0.2) is 26.8 Å². The van der Waals surface area contributed by atoms with E-state index in [0.29, 0.717) is 5.13 Å². The van der Waals surface area contributed by atoms with Gasteiger partial charge in [0.15, 0.2) is 5.13 Å². The molecule has 0 saturated heterocycles. The molecule has 3 rings (SSSR count). The molecule has 0 aliphatic heterocycles. The van der Waals surface area contributed by atoms with E-state index in [4.69, 9.17) is 4.74 Å². The average Bonchev–Trinajstić information content (AvgIpc) is 2.86. The topological polar surface area (TPSA) is 68.3 Å². The first-order valence-electron chi connectivity index (χ1n) is 6.47. The maximum absolute atomic E-state index is 11.3. The Morgan fingerprint density at radius 1 is 1.09 bits per heavy atom. The molecule has 7 heteroatoms. The van der Waals surface area contributed by atoms with E-state index in [2.05, 4.69) is 9.71 Å². The number of sulfonamides is 1. The quantitative estimate of drug-likeness (QED) is 0.794. The highest BCUT2D eigenvalue weighted by Gasteiger charge is 2.09. The van der Waals surface area contributed by atoms with Gasteiger partial charge in [-0.25, -0.2) is 13.4 Å². The third kappa shape index (κ3) is 3.20. The highest BCUT2D eigenvalue weighted by Crippen LogP contribution is 2.31. The molecule has 0 aliphatic rings. The zero-order valence-corrected chi connectivity index (χ0v) is 13.7.